The van der Waals surface area contributed by atoms with Crippen LogP contribution in [0.5, 0.6) is 0 Å². The standard InChI is InChI=1S/C37H64N4O13/c1-8-26(43)33(49-15-14-42)52-31-24(39-32(46)28(44)22-19-41(20-22)35(48)54-37(5,6)7)16-25(40-34(47)53-36(2,3)4)30(29(31)45)51-27-11-9-10-23(50-27)18-38-17-21-12-13-21/h10,21-22,24-31,33,38,42-45H,8-9,11-20H2,1-7H3,(H,39,46)(H,40,47)/t24-,25+,26-,27-,28?,29+,30-,31+,33-/m1/s1. The predicted molar refractivity (Wildman–Crippen MR) is 194 cm³/mol. The average molecular weight is 773 g/mol. The summed E-state index contributed by atoms with van der Waals surface area (Å²) in [5, 5.41) is 52.4. The molecule has 54 heavy (non-hydrogen) atoms. The van der Waals surface area contributed by atoms with E-state index in [4.69, 9.17) is 28.4 Å². The van der Waals surface area contributed by atoms with Gasteiger partial charge >= 0.3 is 12.2 Å². The zero-order valence-corrected chi connectivity index (χ0v) is 32.8. The molecule has 3 fully saturated rings. The third kappa shape index (κ3) is 13.5. The summed E-state index contributed by atoms with van der Waals surface area (Å²) in [6.45, 7) is 13.1. The van der Waals surface area contributed by atoms with Crippen molar-refractivity contribution in [3.63, 3.8) is 0 Å². The number of aliphatic hydroxyl groups excluding tert-OH is 4. The molecule has 0 aromatic rings. The van der Waals surface area contributed by atoms with Gasteiger partial charge < -0.3 is 69.7 Å². The van der Waals surface area contributed by atoms with Crippen LogP contribution < -0.4 is 16.0 Å². The van der Waals surface area contributed by atoms with Crippen LogP contribution in [0.1, 0.15) is 87.0 Å². The van der Waals surface area contributed by atoms with Crippen molar-refractivity contribution < 1.29 is 63.2 Å². The van der Waals surface area contributed by atoms with Crippen molar-refractivity contribution in [1.29, 1.82) is 0 Å². The first-order chi connectivity index (χ1) is 25.4. The lowest BCUT2D eigenvalue weighted by Gasteiger charge is -2.47. The number of hydrogen-bond donors (Lipinski definition) is 7. The fourth-order valence-corrected chi connectivity index (χ4v) is 6.49. The maximum atomic E-state index is 13.6. The smallest absolute Gasteiger partial charge is 0.410 e. The van der Waals surface area contributed by atoms with E-state index >= 15 is 0 Å². The number of amides is 3. The first-order valence-electron chi connectivity index (χ1n) is 19.3. The maximum absolute atomic E-state index is 13.6. The van der Waals surface area contributed by atoms with Gasteiger partial charge in [0.15, 0.2) is 12.6 Å². The Morgan fingerprint density at radius 1 is 0.981 bits per heavy atom. The molecule has 7 N–H and O–H groups in total. The van der Waals surface area contributed by atoms with Crippen LogP contribution in [-0.2, 0) is 33.2 Å². The molecule has 0 bridgehead atoms. The van der Waals surface area contributed by atoms with E-state index in [0.717, 1.165) is 6.54 Å². The van der Waals surface area contributed by atoms with Crippen LogP contribution in [0.15, 0.2) is 11.8 Å². The Balaban J connectivity index is 1.55. The Hall–Kier alpha value is -2.77. The first-order valence-corrected chi connectivity index (χ1v) is 19.3. The summed E-state index contributed by atoms with van der Waals surface area (Å²) in [5.74, 6) is -0.00504. The zero-order valence-electron chi connectivity index (χ0n) is 32.8. The number of ether oxygens (including phenoxy) is 6. The second-order valence-corrected chi connectivity index (χ2v) is 16.7. The van der Waals surface area contributed by atoms with Gasteiger partial charge in [-0.2, -0.15) is 0 Å². The van der Waals surface area contributed by atoms with Crippen molar-refractivity contribution in [2.75, 3.05) is 39.4 Å². The molecule has 2 aliphatic heterocycles. The number of nitrogens with one attached hydrogen (secondary N) is 3. The van der Waals surface area contributed by atoms with Gasteiger partial charge in [-0.1, -0.05) is 6.92 Å². The molecule has 2 heterocycles. The van der Waals surface area contributed by atoms with Crippen molar-refractivity contribution in [3.8, 4) is 0 Å². The van der Waals surface area contributed by atoms with Crippen LogP contribution in [0.25, 0.3) is 0 Å². The zero-order chi connectivity index (χ0) is 39.8. The number of nitrogens with zero attached hydrogens (tertiary/aromatic N) is 1. The molecule has 4 rings (SSSR count). The quantitative estimate of drug-likeness (QED) is 0.103. The Labute approximate surface area is 318 Å². The van der Waals surface area contributed by atoms with E-state index in [1.54, 1.807) is 48.5 Å². The molecule has 0 aromatic heterocycles. The van der Waals surface area contributed by atoms with Crippen LogP contribution in [0.3, 0.4) is 0 Å². The molecule has 1 unspecified atom stereocenters. The summed E-state index contributed by atoms with van der Waals surface area (Å²) in [7, 11) is 0. The van der Waals surface area contributed by atoms with Crippen LogP contribution in [0.4, 0.5) is 9.59 Å². The van der Waals surface area contributed by atoms with E-state index in [9.17, 15) is 34.8 Å². The van der Waals surface area contributed by atoms with Gasteiger partial charge in [0.2, 0.25) is 5.91 Å². The third-order valence-electron chi connectivity index (χ3n) is 9.47. The molecular formula is C37H64N4O13. The number of carbonyl (C=O) groups excluding carboxylic acids is 3. The fourth-order valence-electron chi connectivity index (χ4n) is 6.49. The van der Waals surface area contributed by atoms with Crippen molar-refractivity contribution in [2.45, 2.75) is 153 Å². The molecule has 0 aromatic carbocycles. The molecule has 17 heteroatoms. The SMILES string of the molecule is CC[C@@H](O)[C@H](OCCO)O[C@@H]1[C@@H](O)[C@H](O[C@@H]2CCC=C(CNCC3CC3)O2)[C@@H](NC(=O)OC(C)(C)C)C[C@H]1NC(=O)C(O)C1CN(C(=O)OC(C)(C)C)C1. The molecular weight excluding hydrogens is 708 g/mol. The molecule has 4 aliphatic rings. The molecule has 17 nitrogen and oxygen atoms in total. The minimum absolute atomic E-state index is 0.0634. The first kappa shape index (κ1) is 44.0. The van der Waals surface area contributed by atoms with E-state index in [-0.39, 0.29) is 39.1 Å². The summed E-state index contributed by atoms with van der Waals surface area (Å²) in [6, 6.07) is -2.02. The van der Waals surface area contributed by atoms with Crippen molar-refractivity contribution in [3.05, 3.63) is 11.8 Å². The normalized spacial score (nSPS) is 28.1. The summed E-state index contributed by atoms with van der Waals surface area (Å²) in [6.07, 6.45) is -4.51. The minimum Gasteiger partial charge on any atom is -0.468 e. The number of aliphatic hydroxyl groups is 4. The minimum atomic E-state index is -1.55. The fraction of sp³-hybridized carbons (Fsp3) is 0.865. The number of hydrogen-bond acceptors (Lipinski definition) is 14. The number of carbonyl (C=O) groups is 3. The molecule has 1 saturated heterocycles. The van der Waals surface area contributed by atoms with Gasteiger partial charge in [-0.3, -0.25) is 4.79 Å². The largest absolute Gasteiger partial charge is 0.468 e. The number of allylic oxidation sites excluding steroid dienone is 1. The van der Waals surface area contributed by atoms with Gasteiger partial charge in [0.05, 0.1) is 31.8 Å². The summed E-state index contributed by atoms with van der Waals surface area (Å²) < 4.78 is 35.3. The monoisotopic (exact) mass is 772 g/mol. The molecule has 3 amide bonds. The van der Waals surface area contributed by atoms with Crippen LogP contribution in [-0.4, -0.2) is 149 Å². The lowest BCUT2D eigenvalue weighted by atomic mass is 9.82. The number of likely N-dealkylation sites (tertiary alicyclic amines) is 1. The molecule has 0 spiro atoms. The number of rotatable bonds is 17. The Kier molecular flexibility index (Phi) is 15.8. The average Bonchev–Trinajstić information content (AvgIpc) is 3.88. The van der Waals surface area contributed by atoms with Crippen molar-refractivity contribution in [2.24, 2.45) is 11.8 Å². The highest BCUT2D eigenvalue weighted by atomic mass is 16.7. The van der Waals surface area contributed by atoms with Gasteiger partial charge in [-0.25, -0.2) is 9.59 Å². The van der Waals surface area contributed by atoms with Crippen LogP contribution >= 0.6 is 0 Å². The van der Waals surface area contributed by atoms with Gasteiger partial charge in [-0.15, -0.1) is 0 Å². The Morgan fingerprint density at radius 2 is 1.65 bits per heavy atom. The van der Waals surface area contributed by atoms with Gasteiger partial charge in [0.25, 0.3) is 0 Å². The molecule has 2 saturated carbocycles. The molecule has 2 aliphatic carbocycles. The van der Waals surface area contributed by atoms with Crippen LogP contribution in [0.2, 0.25) is 0 Å². The maximum Gasteiger partial charge on any atom is 0.410 e. The highest BCUT2D eigenvalue weighted by molar-refractivity contribution is 5.82. The van der Waals surface area contributed by atoms with Gasteiger partial charge in [0.1, 0.15) is 47.5 Å². The lowest BCUT2D eigenvalue weighted by Crippen LogP contribution is -2.68. The Morgan fingerprint density at radius 3 is 2.26 bits per heavy atom. The number of alkyl carbamates (subject to hydrolysis) is 1. The Bertz CT molecular complexity index is 1260. The van der Waals surface area contributed by atoms with E-state index in [2.05, 4.69) is 16.0 Å². The second-order valence-electron chi connectivity index (χ2n) is 16.7. The van der Waals surface area contributed by atoms with E-state index in [1.807, 2.05) is 6.08 Å². The highest BCUT2D eigenvalue weighted by Crippen LogP contribution is 2.32. The van der Waals surface area contributed by atoms with E-state index in [1.165, 1.54) is 17.7 Å². The topological polar surface area (TPSA) is 227 Å². The van der Waals surface area contributed by atoms with Gasteiger partial charge in [0, 0.05) is 25.4 Å². The highest BCUT2D eigenvalue weighted by Gasteiger charge is 2.51. The molecule has 0 radical (unpaired) electrons. The van der Waals surface area contributed by atoms with Crippen LogP contribution in [0, 0.1) is 11.8 Å². The predicted octanol–water partition coefficient (Wildman–Crippen LogP) is 1.25. The van der Waals surface area contributed by atoms with Crippen molar-refractivity contribution in [1.82, 2.24) is 20.9 Å². The molecule has 310 valence electrons. The van der Waals surface area contributed by atoms with E-state index in [0.29, 0.717) is 31.1 Å². The van der Waals surface area contributed by atoms with Crippen molar-refractivity contribution >= 4 is 18.1 Å². The van der Waals surface area contributed by atoms with E-state index < -0.39 is 90.4 Å². The van der Waals surface area contributed by atoms with Gasteiger partial charge in [-0.05, 0) is 92.2 Å². The third-order valence-corrected chi connectivity index (χ3v) is 9.47. The summed E-state index contributed by atoms with van der Waals surface area (Å²) in [4.78, 5) is 40.6. The lowest BCUT2D eigenvalue weighted by molar-refractivity contribution is -0.270. The summed E-state index contributed by atoms with van der Waals surface area (Å²) >= 11 is 0. The molecule has 9 atom stereocenters. The second kappa shape index (κ2) is 19.4. The summed E-state index contributed by atoms with van der Waals surface area (Å²) in [5.41, 5.74) is -1.56.